The molecule has 0 aliphatic carbocycles. The van der Waals surface area contributed by atoms with Gasteiger partial charge >= 0.3 is 11.9 Å². The predicted molar refractivity (Wildman–Crippen MR) is 79.6 cm³/mol. The van der Waals surface area contributed by atoms with Crippen molar-refractivity contribution in [3.63, 3.8) is 0 Å². The van der Waals surface area contributed by atoms with Crippen LogP contribution in [-0.2, 0) is 9.53 Å². The molecule has 1 N–H and O–H groups in total. The summed E-state index contributed by atoms with van der Waals surface area (Å²) in [7, 11) is 0. The van der Waals surface area contributed by atoms with Gasteiger partial charge in [0.2, 0.25) is 0 Å². The van der Waals surface area contributed by atoms with Gasteiger partial charge in [-0.3, -0.25) is 4.79 Å². The molecule has 5 heteroatoms. The molecule has 5 nitrogen and oxygen atoms in total. The van der Waals surface area contributed by atoms with Crippen molar-refractivity contribution in [3.05, 3.63) is 29.8 Å². The Morgan fingerprint density at radius 1 is 1.24 bits per heavy atom. The van der Waals surface area contributed by atoms with E-state index in [9.17, 15) is 9.59 Å². The molecule has 1 aliphatic rings. The number of aromatic carboxylic acids is 1. The van der Waals surface area contributed by atoms with Crippen LogP contribution in [0.5, 0.6) is 0 Å². The number of carboxylic acids is 1. The Hall–Kier alpha value is -2.04. The van der Waals surface area contributed by atoms with Crippen LogP contribution in [0.3, 0.4) is 0 Å². The van der Waals surface area contributed by atoms with Gasteiger partial charge in [-0.15, -0.1) is 0 Å². The third-order valence-corrected chi connectivity index (χ3v) is 4.11. The summed E-state index contributed by atoms with van der Waals surface area (Å²) in [5, 5.41) is 8.90. The molecule has 21 heavy (non-hydrogen) atoms. The number of ether oxygens (including phenoxy) is 1. The molecule has 1 fully saturated rings. The van der Waals surface area contributed by atoms with Crippen molar-refractivity contribution in [1.29, 1.82) is 0 Å². The highest BCUT2D eigenvalue weighted by atomic mass is 16.5. The molecule has 1 aliphatic heterocycles. The number of piperidine rings is 1. The highest BCUT2D eigenvalue weighted by molar-refractivity contribution is 5.88. The first-order chi connectivity index (χ1) is 9.96. The summed E-state index contributed by atoms with van der Waals surface area (Å²) in [5.41, 5.74) is 0.867. The monoisotopic (exact) mass is 291 g/mol. The summed E-state index contributed by atoms with van der Waals surface area (Å²) in [6.45, 7) is 5.72. The molecule has 2 rings (SSSR count). The Labute approximate surface area is 124 Å². The largest absolute Gasteiger partial charge is 0.478 e. The molecular formula is C16H21NO4. The van der Waals surface area contributed by atoms with E-state index >= 15 is 0 Å². The lowest BCUT2D eigenvalue weighted by Crippen LogP contribution is -2.43. The zero-order chi connectivity index (χ0) is 15.5. The van der Waals surface area contributed by atoms with E-state index in [0.29, 0.717) is 6.61 Å². The Morgan fingerprint density at radius 3 is 2.29 bits per heavy atom. The van der Waals surface area contributed by atoms with Crippen LogP contribution in [0.4, 0.5) is 5.69 Å². The van der Waals surface area contributed by atoms with Crippen LogP contribution >= 0.6 is 0 Å². The van der Waals surface area contributed by atoms with Crippen LogP contribution in [0.15, 0.2) is 24.3 Å². The molecule has 0 amide bonds. The van der Waals surface area contributed by atoms with Crippen molar-refractivity contribution in [2.24, 2.45) is 5.41 Å². The fraction of sp³-hybridized carbons (Fsp3) is 0.500. The lowest BCUT2D eigenvalue weighted by molar-refractivity contribution is -0.155. The van der Waals surface area contributed by atoms with Crippen LogP contribution in [0.25, 0.3) is 0 Å². The summed E-state index contributed by atoms with van der Waals surface area (Å²) in [6, 6.07) is 6.85. The zero-order valence-corrected chi connectivity index (χ0v) is 12.5. The predicted octanol–water partition coefficient (Wildman–Crippen LogP) is 2.55. The van der Waals surface area contributed by atoms with Crippen molar-refractivity contribution >= 4 is 17.6 Å². The van der Waals surface area contributed by atoms with E-state index in [1.54, 1.807) is 12.1 Å². The highest BCUT2D eigenvalue weighted by Crippen LogP contribution is 2.34. The maximum absolute atomic E-state index is 12.0. The average Bonchev–Trinajstić information content (AvgIpc) is 2.48. The Balaban J connectivity index is 2.00. The minimum atomic E-state index is -0.921. The second kappa shape index (κ2) is 6.16. The van der Waals surface area contributed by atoms with Gasteiger partial charge < -0.3 is 14.7 Å². The minimum absolute atomic E-state index is 0.120. The molecular weight excluding hydrogens is 270 g/mol. The van der Waals surface area contributed by atoms with Gasteiger partial charge in [-0.05, 0) is 51.0 Å². The van der Waals surface area contributed by atoms with Gasteiger partial charge in [-0.1, -0.05) is 0 Å². The molecule has 1 aromatic carbocycles. The minimum Gasteiger partial charge on any atom is -0.478 e. The second-order valence-electron chi connectivity index (χ2n) is 5.62. The quantitative estimate of drug-likeness (QED) is 0.864. The van der Waals surface area contributed by atoms with E-state index in [0.717, 1.165) is 31.6 Å². The summed E-state index contributed by atoms with van der Waals surface area (Å²) >= 11 is 0. The normalized spacial score (nSPS) is 17.3. The van der Waals surface area contributed by atoms with Crippen LogP contribution < -0.4 is 4.90 Å². The van der Waals surface area contributed by atoms with Crippen LogP contribution in [0.1, 0.15) is 37.0 Å². The lowest BCUT2D eigenvalue weighted by atomic mass is 9.80. The maximum Gasteiger partial charge on any atom is 0.335 e. The Kier molecular flexibility index (Phi) is 4.50. The molecule has 0 saturated carbocycles. The summed E-state index contributed by atoms with van der Waals surface area (Å²) in [5.74, 6) is -1.04. The molecule has 1 heterocycles. The summed E-state index contributed by atoms with van der Waals surface area (Å²) in [6.07, 6.45) is 1.49. The van der Waals surface area contributed by atoms with E-state index in [4.69, 9.17) is 9.84 Å². The smallest absolute Gasteiger partial charge is 0.335 e. The number of esters is 1. The van der Waals surface area contributed by atoms with E-state index < -0.39 is 11.4 Å². The first kappa shape index (κ1) is 15.4. The van der Waals surface area contributed by atoms with Crippen molar-refractivity contribution in [2.75, 3.05) is 24.6 Å². The molecule has 1 aromatic rings. The third-order valence-electron chi connectivity index (χ3n) is 4.11. The summed E-state index contributed by atoms with van der Waals surface area (Å²) < 4.78 is 5.14. The zero-order valence-electron chi connectivity index (χ0n) is 12.5. The average molecular weight is 291 g/mol. The number of anilines is 1. The van der Waals surface area contributed by atoms with E-state index in [-0.39, 0.29) is 11.5 Å². The van der Waals surface area contributed by atoms with Crippen molar-refractivity contribution < 1.29 is 19.4 Å². The van der Waals surface area contributed by atoms with E-state index in [2.05, 4.69) is 4.90 Å². The Bertz CT molecular complexity index is 516. The summed E-state index contributed by atoms with van der Waals surface area (Å²) in [4.78, 5) is 25.0. The molecule has 0 bridgehead atoms. The number of carbonyl (C=O) groups excluding carboxylic acids is 1. The fourth-order valence-corrected chi connectivity index (χ4v) is 2.58. The maximum atomic E-state index is 12.0. The van der Waals surface area contributed by atoms with Gasteiger partial charge in [0.25, 0.3) is 0 Å². The number of nitrogens with zero attached hydrogens (tertiary/aromatic N) is 1. The second-order valence-corrected chi connectivity index (χ2v) is 5.62. The molecule has 0 unspecified atom stereocenters. The fourth-order valence-electron chi connectivity index (χ4n) is 2.58. The molecule has 0 atom stereocenters. The molecule has 0 aromatic heterocycles. The number of rotatable bonds is 4. The van der Waals surface area contributed by atoms with Crippen molar-refractivity contribution in [1.82, 2.24) is 0 Å². The molecule has 0 spiro atoms. The first-order valence-electron chi connectivity index (χ1n) is 7.22. The van der Waals surface area contributed by atoms with Crippen LogP contribution in [0.2, 0.25) is 0 Å². The number of carboxylic acid groups (broad SMARTS) is 1. The van der Waals surface area contributed by atoms with Crippen LogP contribution in [0, 0.1) is 5.41 Å². The standard InChI is InChI=1S/C16H21NO4/c1-3-21-15(20)16(2)8-10-17(11-9-16)13-6-4-12(5-7-13)14(18)19/h4-7H,3,8-11H2,1-2H3,(H,18,19). The number of benzene rings is 1. The van der Waals surface area contributed by atoms with Gasteiger partial charge in [-0.25, -0.2) is 4.79 Å². The molecule has 0 radical (unpaired) electrons. The molecule has 1 saturated heterocycles. The van der Waals surface area contributed by atoms with Gasteiger partial charge in [0.1, 0.15) is 0 Å². The van der Waals surface area contributed by atoms with Gasteiger partial charge in [0.05, 0.1) is 17.6 Å². The van der Waals surface area contributed by atoms with Gasteiger partial charge in [0, 0.05) is 18.8 Å². The number of hydrogen-bond donors (Lipinski definition) is 1. The lowest BCUT2D eigenvalue weighted by Gasteiger charge is -2.38. The van der Waals surface area contributed by atoms with Crippen molar-refractivity contribution in [3.8, 4) is 0 Å². The SMILES string of the molecule is CCOC(=O)C1(C)CCN(c2ccc(C(=O)O)cc2)CC1. The number of hydrogen-bond acceptors (Lipinski definition) is 4. The van der Waals surface area contributed by atoms with Crippen molar-refractivity contribution in [2.45, 2.75) is 26.7 Å². The highest BCUT2D eigenvalue weighted by Gasteiger charge is 2.38. The topological polar surface area (TPSA) is 66.8 Å². The number of carbonyl (C=O) groups is 2. The van der Waals surface area contributed by atoms with E-state index in [1.807, 2.05) is 26.0 Å². The third kappa shape index (κ3) is 3.35. The molecule has 114 valence electrons. The van der Waals surface area contributed by atoms with Crippen LogP contribution in [-0.4, -0.2) is 36.7 Å². The van der Waals surface area contributed by atoms with Gasteiger partial charge in [-0.2, -0.15) is 0 Å². The van der Waals surface area contributed by atoms with Gasteiger partial charge in [0.15, 0.2) is 0 Å². The Morgan fingerprint density at radius 2 is 1.81 bits per heavy atom. The first-order valence-corrected chi connectivity index (χ1v) is 7.22. The van der Waals surface area contributed by atoms with E-state index in [1.165, 1.54) is 0 Å².